The van der Waals surface area contributed by atoms with Crippen LogP contribution in [0.3, 0.4) is 0 Å². The fourth-order valence-corrected chi connectivity index (χ4v) is 1.33. The van der Waals surface area contributed by atoms with Crippen LogP contribution in [0.15, 0.2) is 0 Å². The highest BCUT2D eigenvalue weighted by Crippen LogP contribution is 2.27. The van der Waals surface area contributed by atoms with Gasteiger partial charge in [-0.3, -0.25) is 9.69 Å². The second-order valence-electron chi connectivity index (χ2n) is 4.40. The Kier molecular flexibility index (Phi) is 4.57. The van der Waals surface area contributed by atoms with Crippen molar-refractivity contribution in [3.63, 3.8) is 0 Å². The van der Waals surface area contributed by atoms with Crippen LogP contribution >= 0.6 is 0 Å². The zero-order chi connectivity index (χ0) is 11.3. The Morgan fingerprint density at radius 3 is 2.73 bits per heavy atom. The summed E-state index contributed by atoms with van der Waals surface area (Å²) in [6, 6.07) is 2.31. The molecule has 0 aromatic rings. The highest BCUT2D eigenvalue weighted by Gasteiger charge is 2.22. The molecule has 0 spiro atoms. The number of carbonyl (C=O) groups is 1. The minimum absolute atomic E-state index is 0.0332. The van der Waals surface area contributed by atoms with Crippen LogP contribution in [0.5, 0.6) is 0 Å². The number of amides is 1. The highest BCUT2D eigenvalue weighted by atomic mass is 16.2. The van der Waals surface area contributed by atoms with Gasteiger partial charge in [0.15, 0.2) is 0 Å². The van der Waals surface area contributed by atoms with E-state index in [0.717, 1.165) is 6.54 Å². The fourth-order valence-electron chi connectivity index (χ4n) is 1.33. The number of hydrogen-bond donors (Lipinski definition) is 1. The van der Waals surface area contributed by atoms with Gasteiger partial charge in [-0.1, -0.05) is 0 Å². The number of hydrogen-bond acceptors (Lipinski definition) is 3. The molecule has 0 unspecified atom stereocenters. The molecule has 84 valence electrons. The summed E-state index contributed by atoms with van der Waals surface area (Å²) in [7, 11) is 0. The molecule has 1 rings (SSSR count). The zero-order valence-electron chi connectivity index (χ0n) is 9.49. The van der Waals surface area contributed by atoms with Gasteiger partial charge in [-0.2, -0.15) is 5.26 Å². The van der Waals surface area contributed by atoms with Gasteiger partial charge in [0.2, 0.25) is 5.91 Å². The number of rotatable bonds is 6. The number of nitriles is 1. The molecule has 4 nitrogen and oxygen atoms in total. The molecule has 0 saturated heterocycles. The summed E-state index contributed by atoms with van der Waals surface area (Å²) in [5.74, 6) is 0.739. The lowest BCUT2D eigenvalue weighted by Gasteiger charge is -2.22. The maximum Gasteiger partial charge on any atom is 0.234 e. The number of nitrogens with zero attached hydrogens (tertiary/aromatic N) is 2. The lowest BCUT2D eigenvalue weighted by Crippen LogP contribution is -2.41. The van der Waals surface area contributed by atoms with Crippen molar-refractivity contribution in [1.82, 2.24) is 10.2 Å². The van der Waals surface area contributed by atoms with Gasteiger partial charge in [-0.15, -0.1) is 0 Å². The monoisotopic (exact) mass is 209 g/mol. The first-order valence-corrected chi connectivity index (χ1v) is 5.51. The second kappa shape index (κ2) is 5.72. The van der Waals surface area contributed by atoms with E-state index < -0.39 is 0 Å². The average molecular weight is 209 g/mol. The Morgan fingerprint density at radius 2 is 2.27 bits per heavy atom. The van der Waals surface area contributed by atoms with E-state index in [2.05, 4.69) is 11.4 Å². The molecule has 1 aliphatic rings. The molecule has 0 aromatic carbocycles. The highest BCUT2D eigenvalue weighted by molar-refractivity contribution is 5.78. The molecule has 15 heavy (non-hydrogen) atoms. The molecule has 1 amide bonds. The molecule has 1 N–H and O–H groups in total. The van der Waals surface area contributed by atoms with Crippen molar-refractivity contribution >= 4 is 5.91 Å². The SMILES string of the molecule is CC(C)N(CC#N)CC(=O)NCC1CC1. The third-order valence-electron chi connectivity index (χ3n) is 2.64. The third kappa shape index (κ3) is 4.80. The summed E-state index contributed by atoms with van der Waals surface area (Å²) in [6.45, 7) is 5.43. The first kappa shape index (κ1) is 12.0. The van der Waals surface area contributed by atoms with Crippen molar-refractivity contribution in [3.8, 4) is 6.07 Å². The maximum absolute atomic E-state index is 11.5. The minimum atomic E-state index is 0.0332. The summed E-state index contributed by atoms with van der Waals surface area (Å²) in [6.07, 6.45) is 2.48. The summed E-state index contributed by atoms with van der Waals surface area (Å²) >= 11 is 0. The average Bonchev–Trinajstić information content (AvgIpc) is 2.97. The van der Waals surface area contributed by atoms with Crippen molar-refractivity contribution in [2.45, 2.75) is 32.7 Å². The van der Waals surface area contributed by atoms with Gasteiger partial charge in [0, 0.05) is 12.6 Å². The lowest BCUT2D eigenvalue weighted by molar-refractivity contribution is -0.122. The van der Waals surface area contributed by atoms with Crippen LogP contribution in [-0.4, -0.2) is 36.5 Å². The van der Waals surface area contributed by atoms with E-state index in [4.69, 9.17) is 5.26 Å². The van der Waals surface area contributed by atoms with Crippen LogP contribution in [0.2, 0.25) is 0 Å². The van der Waals surface area contributed by atoms with Crippen molar-refractivity contribution in [2.24, 2.45) is 5.92 Å². The molecule has 4 heteroatoms. The molecule has 0 radical (unpaired) electrons. The molecule has 0 aromatic heterocycles. The summed E-state index contributed by atoms with van der Waals surface area (Å²) < 4.78 is 0. The quantitative estimate of drug-likeness (QED) is 0.657. The Labute approximate surface area is 91.2 Å². The number of nitrogens with one attached hydrogen (secondary N) is 1. The Balaban J connectivity index is 2.22. The number of carbonyl (C=O) groups excluding carboxylic acids is 1. The predicted octanol–water partition coefficient (Wildman–Crippen LogP) is 0.747. The smallest absolute Gasteiger partial charge is 0.234 e. The predicted molar refractivity (Wildman–Crippen MR) is 58.1 cm³/mol. The first-order valence-electron chi connectivity index (χ1n) is 5.51. The van der Waals surface area contributed by atoms with Gasteiger partial charge in [0.1, 0.15) is 0 Å². The Bertz CT molecular complexity index is 253. The van der Waals surface area contributed by atoms with E-state index in [1.807, 2.05) is 18.7 Å². The molecule has 0 aliphatic heterocycles. The van der Waals surface area contributed by atoms with Gasteiger partial charge < -0.3 is 5.32 Å². The van der Waals surface area contributed by atoms with E-state index in [0.29, 0.717) is 19.0 Å². The van der Waals surface area contributed by atoms with Crippen LogP contribution in [0.25, 0.3) is 0 Å². The molecular formula is C11H19N3O. The largest absolute Gasteiger partial charge is 0.355 e. The third-order valence-corrected chi connectivity index (χ3v) is 2.64. The van der Waals surface area contributed by atoms with Gasteiger partial charge in [-0.25, -0.2) is 0 Å². The van der Waals surface area contributed by atoms with Crippen molar-refractivity contribution in [3.05, 3.63) is 0 Å². The normalized spacial score (nSPS) is 15.4. The molecule has 0 heterocycles. The molecule has 0 bridgehead atoms. The van der Waals surface area contributed by atoms with Crippen LogP contribution in [0.4, 0.5) is 0 Å². The minimum Gasteiger partial charge on any atom is -0.355 e. The van der Waals surface area contributed by atoms with Crippen LogP contribution in [0.1, 0.15) is 26.7 Å². The molecular weight excluding hydrogens is 190 g/mol. The van der Waals surface area contributed by atoms with Crippen molar-refractivity contribution < 1.29 is 4.79 Å². The molecule has 1 aliphatic carbocycles. The van der Waals surface area contributed by atoms with Gasteiger partial charge in [0.25, 0.3) is 0 Å². The fraction of sp³-hybridized carbons (Fsp3) is 0.818. The van der Waals surface area contributed by atoms with E-state index in [1.165, 1.54) is 12.8 Å². The molecule has 1 saturated carbocycles. The van der Waals surface area contributed by atoms with Crippen LogP contribution in [0, 0.1) is 17.2 Å². The Hall–Kier alpha value is -1.08. The van der Waals surface area contributed by atoms with E-state index in [-0.39, 0.29) is 11.9 Å². The van der Waals surface area contributed by atoms with Crippen LogP contribution in [-0.2, 0) is 4.79 Å². The lowest BCUT2D eigenvalue weighted by atomic mass is 10.3. The van der Waals surface area contributed by atoms with Crippen LogP contribution < -0.4 is 5.32 Å². The van der Waals surface area contributed by atoms with Gasteiger partial charge in [-0.05, 0) is 32.6 Å². The van der Waals surface area contributed by atoms with E-state index in [9.17, 15) is 4.79 Å². The zero-order valence-corrected chi connectivity index (χ0v) is 9.49. The van der Waals surface area contributed by atoms with E-state index >= 15 is 0 Å². The first-order chi connectivity index (χ1) is 7.13. The molecule has 1 fully saturated rings. The molecule has 0 atom stereocenters. The van der Waals surface area contributed by atoms with E-state index in [1.54, 1.807) is 0 Å². The maximum atomic E-state index is 11.5. The summed E-state index contributed by atoms with van der Waals surface area (Å²) in [5, 5.41) is 11.5. The topological polar surface area (TPSA) is 56.1 Å². The standard InChI is InChI=1S/C11H19N3O/c1-9(2)14(6-5-12)8-11(15)13-7-10-3-4-10/h9-10H,3-4,6-8H2,1-2H3,(H,13,15). The van der Waals surface area contributed by atoms with Gasteiger partial charge >= 0.3 is 0 Å². The second-order valence-corrected chi connectivity index (χ2v) is 4.40. The van der Waals surface area contributed by atoms with Crippen molar-refractivity contribution in [2.75, 3.05) is 19.6 Å². The summed E-state index contributed by atoms with van der Waals surface area (Å²) in [5.41, 5.74) is 0. The Morgan fingerprint density at radius 1 is 1.60 bits per heavy atom. The van der Waals surface area contributed by atoms with Gasteiger partial charge in [0.05, 0.1) is 19.2 Å². The van der Waals surface area contributed by atoms with Crippen molar-refractivity contribution in [1.29, 1.82) is 5.26 Å². The summed E-state index contributed by atoms with van der Waals surface area (Å²) in [4.78, 5) is 13.4.